The molecule has 3 aromatic rings. The van der Waals surface area contributed by atoms with E-state index in [2.05, 4.69) is 10.3 Å². The number of nitrogens with one attached hydrogen (secondary N) is 1. The number of ether oxygens (including phenoxy) is 1. The molecule has 0 radical (unpaired) electrons. The molecule has 130 valence electrons. The van der Waals surface area contributed by atoms with Crippen LogP contribution >= 0.6 is 0 Å². The summed E-state index contributed by atoms with van der Waals surface area (Å²) in [6.45, 7) is 1.67. The van der Waals surface area contributed by atoms with Gasteiger partial charge in [0, 0.05) is 11.9 Å². The molecule has 0 unspecified atom stereocenters. The first-order chi connectivity index (χ1) is 11.8. The predicted octanol–water partition coefficient (Wildman–Crippen LogP) is 3.92. The number of hydrogen-bond acceptors (Lipinski definition) is 3. The number of nitrogens with zero attached hydrogens (tertiary/aromatic N) is 2. The molecule has 0 spiro atoms. The number of aromatic nitrogens is 2. The number of pyridine rings is 1. The van der Waals surface area contributed by atoms with E-state index in [1.165, 1.54) is 19.2 Å². The second-order valence-electron chi connectivity index (χ2n) is 5.35. The van der Waals surface area contributed by atoms with Crippen molar-refractivity contribution in [3.8, 4) is 5.75 Å². The molecular weight excluding hydrogens is 335 g/mol. The third-order valence-electron chi connectivity index (χ3n) is 3.69. The Hall–Kier alpha value is -3.03. The molecular formula is C17H14F3N3O2. The molecule has 0 aliphatic carbocycles. The number of methoxy groups -OCH3 is 1. The summed E-state index contributed by atoms with van der Waals surface area (Å²) in [6.07, 6.45) is -2.75. The summed E-state index contributed by atoms with van der Waals surface area (Å²) >= 11 is 0. The van der Waals surface area contributed by atoms with Crippen molar-refractivity contribution in [3.05, 3.63) is 59.5 Å². The van der Waals surface area contributed by atoms with E-state index in [9.17, 15) is 18.0 Å². The molecule has 25 heavy (non-hydrogen) atoms. The Bertz CT molecular complexity index is 931. The monoisotopic (exact) mass is 349 g/mol. The average molecular weight is 349 g/mol. The highest BCUT2D eigenvalue weighted by atomic mass is 19.4. The van der Waals surface area contributed by atoms with Crippen LogP contribution in [0.1, 0.15) is 21.7 Å². The van der Waals surface area contributed by atoms with E-state index in [1.807, 2.05) is 0 Å². The van der Waals surface area contributed by atoms with E-state index in [0.717, 1.165) is 12.1 Å². The minimum absolute atomic E-state index is 0.259. The average Bonchev–Trinajstić information content (AvgIpc) is 2.90. The number of benzene rings is 1. The molecule has 0 fully saturated rings. The van der Waals surface area contributed by atoms with Gasteiger partial charge < -0.3 is 10.1 Å². The molecule has 2 heterocycles. The zero-order chi connectivity index (χ0) is 18.2. The maximum Gasteiger partial charge on any atom is 0.416 e. The number of carbonyl (C=O) groups is 1. The van der Waals surface area contributed by atoms with E-state index < -0.39 is 17.6 Å². The molecule has 1 amide bonds. The largest absolute Gasteiger partial charge is 0.493 e. The first-order valence-electron chi connectivity index (χ1n) is 7.31. The fraction of sp³-hybridized carbons (Fsp3) is 0.176. The third-order valence-corrected chi connectivity index (χ3v) is 3.69. The summed E-state index contributed by atoms with van der Waals surface area (Å²) in [4.78, 5) is 16.9. The van der Waals surface area contributed by atoms with Crippen molar-refractivity contribution in [3.63, 3.8) is 0 Å². The van der Waals surface area contributed by atoms with E-state index in [4.69, 9.17) is 4.74 Å². The number of alkyl halides is 3. The van der Waals surface area contributed by atoms with E-state index >= 15 is 0 Å². The molecule has 0 atom stereocenters. The normalized spacial score (nSPS) is 11.6. The van der Waals surface area contributed by atoms with Gasteiger partial charge in [0.25, 0.3) is 5.91 Å². The molecule has 2 aromatic heterocycles. The van der Waals surface area contributed by atoms with Gasteiger partial charge in [0.2, 0.25) is 0 Å². The Morgan fingerprint density at radius 1 is 1.20 bits per heavy atom. The van der Waals surface area contributed by atoms with Crippen molar-refractivity contribution in [2.45, 2.75) is 13.1 Å². The number of rotatable bonds is 3. The lowest BCUT2D eigenvalue weighted by atomic mass is 10.2. The predicted molar refractivity (Wildman–Crippen MR) is 85.9 cm³/mol. The van der Waals surface area contributed by atoms with Gasteiger partial charge in [0.1, 0.15) is 5.69 Å². The highest BCUT2D eigenvalue weighted by Gasteiger charge is 2.30. The van der Waals surface area contributed by atoms with E-state index in [-0.39, 0.29) is 11.4 Å². The van der Waals surface area contributed by atoms with Crippen LogP contribution in [0.4, 0.5) is 18.9 Å². The number of carbonyl (C=O) groups excluding carboxylic acids is 1. The first-order valence-corrected chi connectivity index (χ1v) is 7.31. The van der Waals surface area contributed by atoms with Gasteiger partial charge in [-0.2, -0.15) is 13.2 Å². The number of aryl methyl sites for hydroxylation is 1. The number of hydrogen-bond donors (Lipinski definition) is 1. The van der Waals surface area contributed by atoms with Crippen molar-refractivity contribution in [2.75, 3.05) is 12.4 Å². The molecule has 5 nitrogen and oxygen atoms in total. The quantitative estimate of drug-likeness (QED) is 0.780. The Morgan fingerprint density at radius 2 is 1.88 bits per heavy atom. The molecule has 1 N–H and O–H groups in total. The molecule has 8 heteroatoms. The van der Waals surface area contributed by atoms with Gasteiger partial charge in [-0.25, -0.2) is 4.98 Å². The van der Waals surface area contributed by atoms with Gasteiger partial charge >= 0.3 is 6.18 Å². The smallest absolute Gasteiger partial charge is 0.416 e. The van der Waals surface area contributed by atoms with Crippen molar-refractivity contribution < 1.29 is 22.7 Å². The summed E-state index contributed by atoms with van der Waals surface area (Å²) in [6, 6.07) is 7.68. The van der Waals surface area contributed by atoms with E-state index in [1.54, 1.807) is 29.7 Å². The number of halogens is 3. The second kappa shape index (κ2) is 6.12. The number of fused-ring (bicyclic) bond motifs is 1. The van der Waals surface area contributed by atoms with Gasteiger partial charge in [-0.1, -0.05) is 0 Å². The van der Waals surface area contributed by atoms with Crippen LogP contribution in [0.15, 0.2) is 42.6 Å². The minimum atomic E-state index is -4.42. The van der Waals surface area contributed by atoms with Crippen LogP contribution in [0.25, 0.3) is 5.65 Å². The SMILES string of the molecule is COc1cccn2c(C(=O)Nc3ccc(C(F)(F)F)cc3)c(C)nc12. The summed E-state index contributed by atoms with van der Waals surface area (Å²) in [5.41, 5.74) is 0.735. The lowest BCUT2D eigenvalue weighted by Crippen LogP contribution is -2.16. The highest BCUT2D eigenvalue weighted by molar-refractivity contribution is 6.04. The van der Waals surface area contributed by atoms with Crippen LogP contribution in [0.5, 0.6) is 5.75 Å². The fourth-order valence-corrected chi connectivity index (χ4v) is 2.52. The molecule has 3 rings (SSSR count). The molecule has 0 aliphatic rings. The zero-order valence-corrected chi connectivity index (χ0v) is 13.4. The highest BCUT2D eigenvalue weighted by Crippen LogP contribution is 2.30. The minimum Gasteiger partial charge on any atom is -0.493 e. The molecule has 0 saturated heterocycles. The Morgan fingerprint density at radius 3 is 2.48 bits per heavy atom. The molecule has 0 aliphatic heterocycles. The Balaban J connectivity index is 1.92. The van der Waals surface area contributed by atoms with Gasteiger partial charge in [-0.05, 0) is 43.3 Å². The Labute approximate surface area is 141 Å². The van der Waals surface area contributed by atoms with Crippen molar-refractivity contribution in [1.29, 1.82) is 0 Å². The van der Waals surface area contributed by atoms with Crippen LogP contribution in [0.2, 0.25) is 0 Å². The van der Waals surface area contributed by atoms with Crippen LogP contribution in [0, 0.1) is 6.92 Å². The van der Waals surface area contributed by atoms with Crippen LogP contribution in [-0.2, 0) is 6.18 Å². The number of imidazole rings is 1. The fourth-order valence-electron chi connectivity index (χ4n) is 2.52. The van der Waals surface area contributed by atoms with Gasteiger partial charge in [-0.3, -0.25) is 9.20 Å². The van der Waals surface area contributed by atoms with Crippen molar-refractivity contribution in [1.82, 2.24) is 9.38 Å². The second-order valence-corrected chi connectivity index (χ2v) is 5.35. The van der Waals surface area contributed by atoms with Crippen molar-refractivity contribution in [2.24, 2.45) is 0 Å². The summed E-state index contributed by atoms with van der Waals surface area (Å²) in [7, 11) is 1.50. The topological polar surface area (TPSA) is 55.6 Å². The summed E-state index contributed by atoms with van der Waals surface area (Å²) in [5, 5.41) is 2.59. The summed E-state index contributed by atoms with van der Waals surface area (Å²) in [5.74, 6) is 0.0391. The number of anilines is 1. The van der Waals surface area contributed by atoms with Crippen molar-refractivity contribution >= 4 is 17.2 Å². The number of amides is 1. The standard InChI is InChI=1S/C17H14F3N3O2/c1-10-14(23-9-3-4-13(25-2)15(23)21-10)16(24)22-12-7-5-11(6-8-12)17(18,19)20/h3-9H,1-2H3,(H,22,24). The molecule has 0 bridgehead atoms. The van der Waals surface area contributed by atoms with Crippen LogP contribution < -0.4 is 10.1 Å². The summed E-state index contributed by atoms with van der Waals surface area (Å²) < 4.78 is 44.6. The lowest BCUT2D eigenvalue weighted by molar-refractivity contribution is -0.137. The first kappa shape index (κ1) is 16.8. The molecule has 0 saturated carbocycles. The van der Waals surface area contributed by atoms with Gasteiger partial charge in [-0.15, -0.1) is 0 Å². The third kappa shape index (κ3) is 3.15. The maximum atomic E-state index is 12.6. The van der Waals surface area contributed by atoms with Crippen LogP contribution in [0.3, 0.4) is 0 Å². The maximum absolute atomic E-state index is 12.6. The van der Waals surface area contributed by atoms with Crippen LogP contribution in [-0.4, -0.2) is 22.4 Å². The zero-order valence-electron chi connectivity index (χ0n) is 13.4. The molecule has 1 aromatic carbocycles. The van der Waals surface area contributed by atoms with E-state index in [0.29, 0.717) is 17.1 Å². The van der Waals surface area contributed by atoms with Gasteiger partial charge in [0.05, 0.1) is 18.4 Å². The van der Waals surface area contributed by atoms with Gasteiger partial charge in [0.15, 0.2) is 11.4 Å². The lowest BCUT2D eigenvalue weighted by Gasteiger charge is -2.09. The Kier molecular flexibility index (Phi) is 4.12.